The molecule has 0 radical (unpaired) electrons. The standard InChI is InChI=1S/C20H19ClN4O3S/c1-29(27,28)24-18-8-5-15(6-9-18)7-10-20(26)23-19-13-25(14-22-19)12-16-3-2-4-17(21)11-16/h2-11,13-14,24H,12H2,1H3,(H,23,26)/b10-7+. The van der Waals surface area contributed by atoms with Crippen molar-refractivity contribution >= 4 is 45.1 Å². The van der Waals surface area contributed by atoms with Crippen LogP contribution < -0.4 is 10.0 Å². The third kappa shape index (κ3) is 6.78. The summed E-state index contributed by atoms with van der Waals surface area (Å²) < 4.78 is 26.6. The van der Waals surface area contributed by atoms with Crippen molar-refractivity contribution in [1.82, 2.24) is 9.55 Å². The van der Waals surface area contributed by atoms with Crippen molar-refractivity contribution < 1.29 is 13.2 Å². The van der Waals surface area contributed by atoms with Gasteiger partial charge in [-0.25, -0.2) is 13.4 Å². The Morgan fingerprint density at radius 3 is 2.66 bits per heavy atom. The van der Waals surface area contributed by atoms with Gasteiger partial charge < -0.3 is 9.88 Å². The van der Waals surface area contributed by atoms with Gasteiger partial charge in [0.25, 0.3) is 0 Å². The number of benzene rings is 2. The zero-order valence-corrected chi connectivity index (χ0v) is 17.1. The zero-order valence-electron chi connectivity index (χ0n) is 15.5. The van der Waals surface area contributed by atoms with Gasteiger partial charge in [0.1, 0.15) is 0 Å². The average Bonchev–Trinajstić information content (AvgIpc) is 3.06. The van der Waals surface area contributed by atoms with E-state index in [1.54, 1.807) is 42.9 Å². The topological polar surface area (TPSA) is 93.1 Å². The number of anilines is 2. The molecular formula is C20H19ClN4O3S. The first-order valence-corrected chi connectivity index (χ1v) is 10.9. The summed E-state index contributed by atoms with van der Waals surface area (Å²) in [7, 11) is -3.32. The second-order valence-electron chi connectivity index (χ2n) is 6.38. The van der Waals surface area contributed by atoms with Crippen LogP contribution in [-0.4, -0.2) is 30.1 Å². The van der Waals surface area contributed by atoms with E-state index in [1.165, 1.54) is 6.08 Å². The quantitative estimate of drug-likeness (QED) is 0.560. The van der Waals surface area contributed by atoms with Crippen LogP contribution >= 0.6 is 11.6 Å². The molecule has 0 unspecified atom stereocenters. The fourth-order valence-corrected chi connectivity index (χ4v) is 3.35. The molecule has 0 spiro atoms. The summed E-state index contributed by atoms with van der Waals surface area (Å²) in [5, 5.41) is 3.36. The van der Waals surface area contributed by atoms with Crippen LogP contribution in [0, 0.1) is 0 Å². The first-order chi connectivity index (χ1) is 13.8. The Morgan fingerprint density at radius 1 is 1.21 bits per heavy atom. The van der Waals surface area contributed by atoms with Crippen molar-refractivity contribution in [3.05, 3.63) is 83.3 Å². The number of hydrogen-bond donors (Lipinski definition) is 2. The normalized spacial score (nSPS) is 11.5. The van der Waals surface area contributed by atoms with Gasteiger partial charge in [-0.15, -0.1) is 0 Å². The van der Waals surface area contributed by atoms with Crippen molar-refractivity contribution in [2.24, 2.45) is 0 Å². The number of rotatable bonds is 7. The molecule has 0 aliphatic rings. The van der Waals surface area contributed by atoms with Gasteiger partial charge in [-0.05, 0) is 41.5 Å². The lowest BCUT2D eigenvalue weighted by atomic mass is 10.2. The van der Waals surface area contributed by atoms with Gasteiger partial charge in [-0.1, -0.05) is 35.9 Å². The van der Waals surface area contributed by atoms with Gasteiger partial charge in [0.05, 0.1) is 12.6 Å². The summed E-state index contributed by atoms with van der Waals surface area (Å²) in [5.41, 5.74) is 2.24. The molecule has 29 heavy (non-hydrogen) atoms. The van der Waals surface area contributed by atoms with Gasteiger partial charge in [0.2, 0.25) is 15.9 Å². The molecule has 3 rings (SSSR count). The molecule has 0 aliphatic carbocycles. The number of nitrogens with zero attached hydrogens (tertiary/aromatic N) is 2. The van der Waals surface area contributed by atoms with Crippen LogP contribution in [0.25, 0.3) is 6.08 Å². The highest BCUT2D eigenvalue weighted by molar-refractivity contribution is 7.92. The first kappa shape index (κ1) is 20.6. The number of sulfonamides is 1. The third-order valence-corrected chi connectivity index (χ3v) is 4.62. The summed E-state index contributed by atoms with van der Waals surface area (Å²) in [6, 6.07) is 14.2. The fourth-order valence-electron chi connectivity index (χ4n) is 2.57. The zero-order chi connectivity index (χ0) is 20.9. The monoisotopic (exact) mass is 430 g/mol. The molecule has 150 valence electrons. The van der Waals surface area contributed by atoms with E-state index in [0.717, 1.165) is 17.4 Å². The lowest BCUT2D eigenvalue weighted by Gasteiger charge is -2.03. The number of nitrogens with one attached hydrogen (secondary N) is 2. The summed E-state index contributed by atoms with van der Waals surface area (Å²) in [6.45, 7) is 0.590. The molecule has 0 saturated carbocycles. The Balaban J connectivity index is 1.56. The van der Waals surface area contributed by atoms with E-state index in [2.05, 4.69) is 15.0 Å². The van der Waals surface area contributed by atoms with Crippen LogP contribution in [0.4, 0.5) is 11.5 Å². The second kappa shape index (κ2) is 8.93. The van der Waals surface area contributed by atoms with Crippen LogP contribution in [0.5, 0.6) is 0 Å². The largest absolute Gasteiger partial charge is 0.331 e. The van der Waals surface area contributed by atoms with Crippen LogP contribution in [-0.2, 0) is 21.4 Å². The Labute approximate surface area is 174 Å². The molecule has 1 aromatic heterocycles. The Bertz CT molecular complexity index is 1140. The summed E-state index contributed by atoms with van der Waals surface area (Å²) in [4.78, 5) is 16.3. The predicted molar refractivity (Wildman–Crippen MR) is 115 cm³/mol. The minimum absolute atomic E-state index is 0.323. The van der Waals surface area contributed by atoms with E-state index in [4.69, 9.17) is 11.6 Å². The van der Waals surface area contributed by atoms with Crippen LogP contribution in [0.2, 0.25) is 5.02 Å². The molecule has 2 N–H and O–H groups in total. The fraction of sp³-hybridized carbons (Fsp3) is 0.100. The molecule has 0 saturated heterocycles. The third-order valence-electron chi connectivity index (χ3n) is 3.78. The SMILES string of the molecule is CS(=O)(=O)Nc1ccc(/C=C/C(=O)Nc2cn(Cc3cccc(Cl)c3)cn2)cc1. The van der Waals surface area contributed by atoms with Crippen molar-refractivity contribution in [2.45, 2.75) is 6.54 Å². The van der Waals surface area contributed by atoms with Crippen molar-refractivity contribution in [1.29, 1.82) is 0 Å². The number of hydrogen-bond acceptors (Lipinski definition) is 4. The number of amides is 1. The maximum absolute atomic E-state index is 12.1. The second-order valence-corrected chi connectivity index (χ2v) is 8.56. The van der Waals surface area contributed by atoms with E-state index in [9.17, 15) is 13.2 Å². The molecule has 1 heterocycles. The van der Waals surface area contributed by atoms with Crippen LogP contribution in [0.3, 0.4) is 0 Å². The van der Waals surface area contributed by atoms with Crippen molar-refractivity contribution in [3.8, 4) is 0 Å². The summed E-state index contributed by atoms with van der Waals surface area (Å²) in [5.74, 6) is 0.116. The lowest BCUT2D eigenvalue weighted by molar-refractivity contribution is -0.111. The van der Waals surface area contributed by atoms with Gasteiger partial charge in [-0.2, -0.15) is 0 Å². The van der Waals surface area contributed by atoms with Crippen molar-refractivity contribution in [2.75, 3.05) is 16.3 Å². The highest BCUT2D eigenvalue weighted by Crippen LogP contribution is 2.14. The molecule has 9 heteroatoms. The van der Waals surface area contributed by atoms with E-state index < -0.39 is 10.0 Å². The minimum Gasteiger partial charge on any atom is -0.331 e. The molecule has 1 amide bonds. The molecule has 0 aliphatic heterocycles. The summed E-state index contributed by atoms with van der Waals surface area (Å²) in [6.07, 6.45) is 7.46. The molecular weight excluding hydrogens is 412 g/mol. The number of halogens is 1. The molecule has 0 fully saturated rings. The molecule has 0 bridgehead atoms. The van der Waals surface area contributed by atoms with Crippen molar-refractivity contribution in [3.63, 3.8) is 0 Å². The Morgan fingerprint density at radius 2 is 1.97 bits per heavy atom. The Hall–Kier alpha value is -3.10. The highest BCUT2D eigenvalue weighted by Gasteiger charge is 2.04. The number of imidazole rings is 1. The van der Waals surface area contributed by atoms with Gasteiger partial charge in [0.15, 0.2) is 5.82 Å². The number of carbonyl (C=O) groups excluding carboxylic acids is 1. The van der Waals surface area contributed by atoms with Crippen LogP contribution in [0.1, 0.15) is 11.1 Å². The molecule has 7 nitrogen and oxygen atoms in total. The van der Waals surface area contributed by atoms with E-state index in [1.807, 2.05) is 28.8 Å². The smallest absolute Gasteiger partial charge is 0.249 e. The van der Waals surface area contributed by atoms with Gasteiger partial charge >= 0.3 is 0 Å². The summed E-state index contributed by atoms with van der Waals surface area (Å²) >= 11 is 5.99. The highest BCUT2D eigenvalue weighted by atomic mass is 35.5. The molecule has 0 atom stereocenters. The van der Waals surface area contributed by atoms with Gasteiger partial charge in [0, 0.05) is 29.5 Å². The number of carbonyl (C=O) groups is 1. The van der Waals surface area contributed by atoms with Gasteiger partial charge in [-0.3, -0.25) is 9.52 Å². The maximum Gasteiger partial charge on any atom is 0.249 e. The predicted octanol–water partition coefficient (Wildman–Crippen LogP) is 3.61. The minimum atomic E-state index is -3.32. The molecule has 2 aromatic carbocycles. The average molecular weight is 431 g/mol. The maximum atomic E-state index is 12.1. The van der Waals surface area contributed by atoms with E-state index in [0.29, 0.717) is 23.1 Å². The van der Waals surface area contributed by atoms with E-state index >= 15 is 0 Å². The molecule has 3 aromatic rings. The first-order valence-electron chi connectivity index (χ1n) is 8.60. The Kier molecular flexibility index (Phi) is 6.36. The lowest BCUT2D eigenvalue weighted by Crippen LogP contribution is -2.09. The van der Waals surface area contributed by atoms with Crippen LogP contribution in [0.15, 0.2) is 67.1 Å². The van der Waals surface area contributed by atoms with E-state index in [-0.39, 0.29) is 5.91 Å². The number of aromatic nitrogens is 2.